The molecule has 1 aromatic heterocycles. The van der Waals surface area contributed by atoms with Crippen LogP contribution in [0.15, 0.2) is 35.5 Å². The van der Waals surface area contributed by atoms with Crippen molar-refractivity contribution in [3.05, 3.63) is 36.2 Å². The van der Waals surface area contributed by atoms with Crippen LogP contribution in [0.5, 0.6) is 0 Å². The molecular formula is C17H18F7N5O2S. The zero-order chi connectivity index (χ0) is 24.6. The SMILES string of the molecule is CC(C)(C)C(=O)NNC(=O)/C=C\n1cnc(-c2cc(C(F)F)cc(S(F)(F)(F)(F)F)c2)n1. The number of amides is 2. The minimum Gasteiger partial charge on any atom is -0.273 e. The molecule has 0 atom stereocenters. The van der Waals surface area contributed by atoms with E-state index >= 15 is 0 Å². The van der Waals surface area contributed by atoms with Gasteiger partial charge in [0, 0.05) is 28.8 Å². The largest absolute Gasteiger partial charge is 0.310 e. The number of hydrazine groups is 1. The Labute approximate surface area is 177 Å². The highest BCUT2D eigenvalue weighted by atomic mass is 32.5. The lowest BCUT2D eigenvalue weighted by molar-refractivity contribution is -0.132. The van der Waals surface area contributed by atoms with Crippen LogP contribution in [0.4, 0.5) is 28.2 Å². The molecule has 2 aromatic rings. The number of carbonyl (C=O) groups is 2. The van der Waals surface area contributed by atoms with E-state index in [0.717, 1.165) is 23.3 Å². The minimum atomic E-state index is -10.2. The standard InChI is InChI=1S/C17H18F7N5O2S/c1-17(2,3)16(31)27-26-13(30)4-5-29-9-25-15(28-29)11-6-10(14(18)19)7-12(8-11)32(20,21,22,23)24/h4-9,14H,1-3H3,(H,26,30)(H,27,31)/b5-4-. The van der Waals surface area contributed by atoms with Gasteiger partial charge in [-0.2, -0.15) is 0 Å². The number of rotatable bonds is 5. The maximum absolute atomic E-state index is 13.1. The highest BCUT2D eigenvalue weighted by Gasteiger charge is 2.65. The predicted octanol–water partition coefficient (Wildman–Crippen LogP) is 5.20. The van der Waals surface area contributed by atoms with Crippen LogP contribution in [-0.4, -0.2) is 26.6 Å². The molecule has 2 N–H and O–H groups in total. The smallest absolute Gasteiger partial charge is 0.273 e. The van der Waals surface area contributed by atoms with E-state index in [4.69, 9.17) is 0 Å². The second-order valence-corrected chi connectivity index (χ2v) is 10.0. The van der Waals surface area contributed by atoms with Crippen LogP contribution in [0.25, 0.3) is 17.6 Å². The van der Waals surface area contributed by atoms with Gasteiger partial charge in [0.25, 0.3) is 12.3 Å². The molecule has 0 aliphatic heterocycles. The number of nitrogens with one attached hydrogen (secondary N) is 2. The zero-order valence-electron chi connectivity index (χ0n) is 16.8. The van der Waals surface area contributed by atoms with Gasteiger partial charge in [-0.05, 0) is 18.2 Å². The minimum absolute atomic E-state index is 0.0223. The van der Waals surface area contributed by atoms with Crippen LogP contribution in [0.2, 0.25) is 0 Å². The topological polar surface area (TPSA) is 88.9 Å². The first kappa shape index (κ1) is 25.2. The Hall–Kier alpha value is -3.10. The third-order valence-electron chi connectivity index (χ3n) is 3.75. The molecule has 1 aromatic carbocycles. The lowest BCUT2D eigenvalue weighted by Crippen LogP contribution is -2.46. The number of hydrogen-bond donors (Lipinski definition) is 2. The maximum Gasteiger partial charge on any atom is 0.310 e. The molecule has 32 heavy (non-hydrogen) atoms. The van der Waals surface area contributed by atoms with Crippen LogP contribution in [0.1, 0.15) is 32.8 Å². The molecule has 2 rings (SSSR count). The number of alkyl halides is 2. The summed E-state index contributed by atoms with van der Waals surface area (Å²) in [6.07, 6.45) is -0.696. The van der Waals surface area contributed by atoms with Crippen molar-refractivity contribution in [2.24, 2.45) is 5.41 Å². The van der Waals surface area contributed by atoms with E-state index in [1.54, 1.807) is 20.8 Å². The molecule has 0 unspecified atom stereocenters. The molecule has 0 saturated heterocycles. The molecule has 0 fully saturated rings. The number of halogens is 7. The Morgan fingerprint density at radius 3 is 2.22 bits per heavy atom. The van der Waals surface area contributed by atoms with Crippen LogP contribution >= 0.6 is 10.2 Å². The Bertz CT molecular complexity index is 1080. The number of benzene rings is 1. The van der Waals surface area contributed by atoms with Crippen LogP contribution < -0.4 is 10.9 Å². The molecule has 1 heterocycles. The summed E-state index contributed by atoms with van der Waals surface area (Å²) in [5.74, 6) is -1.86. The fourth-order valence-corrected chi connectivity index (χ4v) is 2.78. The van der Waals surface area contributed by atoms with Gasteiger partial charge in [0.05, 0.1) is 0 Å². The highest BCUT2D eigenvalue weighted by molar-refractivity contribution is 8.45. The molecular weight excluding hydrogens is 471 g/mol. The van der Waals surface area contributed by atoms with Gasteiger partial charge in [0.1, 0.15) is 11.2 Å². The van der Waals surface area contributed by atoms with Gasteiger partial charge < -0.3 is 0 Å². The van der Waals surface area contributed by atoms with Crippen molar-refractivity contribution in [2.75, 3.05) is 0 Å². The molecule has 0 saturated carbocycles. The summed E-state index contributed by atoms with van der Waals surface area (Å²) in [6.45, 7) is 4.81. The van der Waals surface area contributed by atoms with Crippen molar-refractivity contribution in [1.82, 2.24) is 25.6 Å². The molecule has 0 aliphatic rings. The Kier molecular flexibility index (Phi) is 5.89. The van der Waals surface area contributed by atoms with Crippen molar-refractivity contribution >= 4 is 28.2 Å². The van der Waals surface area contributed by atoms with E-state index in [2.05, 4.69) is 20.9 Å². The van der Waals surface area contributed by atoms with Crippen molar-refractivity contribution in [3.63, 3.8) is 0 Å². The van der Waals surface area contributed by atoms with Gasteiger partial charge in [0.15, 0.2) is 5.82 Å². The average Bonchev–Trinajstić information content (AvgIpc) is 3.10. The summed E-state index contributed by atoms with van der Waals surface area (Å²) in [5.41, 5.74) is 1.44. The number of carbonyl (C=O) groups excluding carboxylic acids is 2. The van der Waals surface area contributed by atoms with E-state index < -0.39 is 55.7 Å². The third kappa shape index (κ3) is 6.70. The van der Waals surface area contributed by atoms with Crippen molar-refractivity contribution in [1.29, 1.82) is 0 Å². The lowest BCUT2D eigenvalue weighted by Gasteiger charge is -2.40. The van der Waals surface area contributed by atoms with Crippen molar-refractivity contribution < 1.29 is 37.8 Å². The number of nitrogens with zero attached hydrogens (tertiary/aromatic N) is 3. The summed E-state index contributed by atoms with van der Waals surface area (Å²) in [7, 11) is -10.2. The van der Waals surface area contributed by atoms with E-state index in [9.17, 15) is 37.8 Å². The van der Waals surface area contributed by atoms with Crippen molar-refractivity contribution in [3.8, 4) is 11.4 Å². The van der Waals surface area contributed by atoms with Gasteiger partial charge in [-0.15, -0.1) is 5.10 Å². The fourth-order valence-electron chi connectivity index (χ4n) is 2.07. The highest BCUT2D eigenvalue weighted by Crippen LogP contribution is 3.02. The normalized spacial score (nSPS) is 14.8. The molecule has 0 bridgehead atoms. The Balaban J connectivity index is 2.27. The lowest BCUT2D eigenvalue weighted by atomic mass is 9.96. The summed E-state index contributed by atoms with van der Waals surface area (Å²) >= 11 is 0. The molecule has 0 spiro atoms. The van der Waals surface area contributed by atoms with Crippen molar-refractivity contribution in [2.45, 2.75) is 32.1 Å². The summed E-state index contributed by atoms with van der Waals surface area (Å²) < 4.78 is 92.4. The molecule has 7 nitrogen and oxygen atoms in total. The monoisotopic (exact) mass is 489 g/mol. The third-order valence-corrected chi connectivity index (χ3v) is 4.88. The van der Waals surface area contributed by atoms with Crippen LogP contribution in [-0.2, 0) is 9.59 Å². The van der Waals surface area contributed by atoms with E-state index in [0.29, 0.717) is 6.07 Å². The summed E-state index contributed by atoms with van der Waals surface area (Å²) in [6, 6.07) is 0.212. The zero-order valence-corrected chi connectivity index (χ0v) is 17.6. The number of hydrogen-bond acceptors (Lipinski definition) is 4. The first-order valence-electron chi connectivity index (χ1n) is 8.63. The Morgan fingerprint density at radius 2 is 1.69 bits per heavy atom. The second kappa shape index (κ2) is 7.50. The van der Waals surface area contributed by atoms with E-state index in [1.165, 1.54) is 0 Å². The average molecular weight is 489 g/mol. The quantitative estimate of drug-likeness (QED) is 0.343. The number of aromatic nitrogens is 3. The first-order valence-corrected chi connectivity index (χ1v) is 10.6. The molecule has 0 aliphatic carbocycles. The van der Waals surface area contributed by atoms with E-state index in [1.807, 2.05) is 0 Å². The van der Waals surface area contributed by atoms with Gasteiger partial charge in [-0.25, -0.2) is 18.4 Å². The van der Waals surface area contributed by atoms with Gasteiger partial charge in [-0.1, -0.05) is 40.2 Å². The first-order chi connectivity index (χ1) is 14.3. The second-order valence-electron chi connectivity index (χ2n) is 7.62. The van der Waals surface area contributed by atoms with Crippen LogP contribution in [0.3, 0.4) is 0 Å². The predicted molar refractivity (Wildman–Crippen MR) is 103 cm³/mol. The summed E-state index contributed by atoms with van der Waals surface area (Å²) in [4.78, 5) is 24.5. The Morgan fingerprint density at radius 1 is 1.06 bits per heavy atom. The van der Waals surface area contributed by atoms with E-state index in [-0.39, 0.29) is 12.1 Å². The molecule has 178 valence electrons. The fraction of sp³-hybridized carbons (Fsp3) is 0.294. The maximum atomic E-state index is 13.1. The molecule has 0 radical (unpaired) electrons. The molecule has 2 amide bonds. The van der Waals surface area contributed by atoms with Crippen LogP contribution in [0, 0.1) is 5.41 Å². The van der Waals surface area contributed by atoms with Gasteiger partial charge in [0.2, 0.25) is 5.91 Å². The summed E-state index contributed by atoms with van der Waals surface area (Å²) in [5, 5.41) is 3.66. The van der Waals surface area contributed by atoms with Gasteiger partial charge >= 0.3 is 10.2 Å². The van der Waals surface area contributed by atoms with Gasteiger partial charge in [-0.3, -0.25) is 20.4 Å². The molecule has 15 heteroatoms.